The van der Waals surface area contributed by atoms with Crippen LogP contribution in [0.25, 0.3) is 0 Å². The molecule has 1 saturated heterocycles. The zero-order valence-electron chi connectivity index (χ0n) is 13.0. The minimum atomic E-state index is -0.0938. The summed E-state index contributed by atoms with van der Waals surface area (Å²) < 4.78 is 10.4. The Labute approximate surface area is 129 Å². The van der Waals surface area contributed by atoms with Crippen LogP contribution in [0.3, 0.4) is 0 Å². The number of nitrogens with zero attached hydrogens (tertiary/aromatic N) is 2. The van der Waals surface area contributed by atoms with E-state index in [0.717, 1.165) is 42.2 Å². The van der Waals surface area contributed by atoms with E-state index in [1.54, 1.807) is 6.26 Å². The predicted molar refractivity (Wildman–Crippen MR) is 80.0 cm³/mol. The predicted octanol–water partition coefficient (Wildman–Crippen LogP) is 2.17. The van der Waals surface area contributed by atoms with Gasteiger partial charge < -0.3 is 14.3 Å². The van der Waals surface area contributed by atoms with Crippen molar-refractivity contribution in [3.05, 3.63) is 41.2 Å². The Hall–Kier alpha value is -2.08. The third kappa shape index (κ3) is 3.06. The number of aryl methyl sites for hydroxylation is 2. The molecule has 3 heterocycles. The standard InChI is InChI=1S/C16H21N3O3/c1-11-14(12(2)22-18-11)10-19-7-3-6-15(19)16(20)17-9-13-5-4-8-21-13/h4-5,8,15H,3,6-7,9-10H2,1-2H3,(H,17,20)/t15-/m0/s1. The molecule has 0 radical (unpaired) electrons. The van der Waals surface area contributed by atoms with Gasteiger partial charge in [-0.15, -0.1) is 0 Å². The molecule has 0 saturated carbocycles. The molecule has 6 nitrogen and oxygen atoms in total. The third-order valence-electron chi connectivity index (χ3n) is 4.23. The smallest absolute Gasteiger partial charge is 0.237 e. The molecule has 0 bridgehead atoms. The van der Waals surface area contributed by atoms with Crippen molar-refractivity contribution in [2.24, 2.45) is 0 Å². The number of likely N-dealkylation sites (tertiary alicyclic amines) is 1. The number of hydrogen-bond donors (Lipinski definition) is 1. The molecule has 1 aliphatic heterocycles. The van der Waals surface area contributed by atoms with Crippen molar-refractivity contribution < 1.29 is 13.7 Å². The highest BCUT2D eigenvalue weighted by Gasteiger charge is 2.31. The number of carbonyl (C=O) groups excluding carboxylic acids is 1. The largest absolute Gasteiger partial charge is 0.467 e. The molecule has 1 atom stereocenters. The molecule has 1 amide bonds. The van der Waals surface area contributed by atoms with Crippen LogP contribution in [0.1, 0.15) is 35.6 Å². The summed E-state index contributed by atoms with van der Waals surface area (Å²) in [7, 11) is 0. The highest BCUT2D eigenvalue weighted by atomic mass is 16.5. The molecule has 2 aromatic heterocycles. The lowest BCUT2D eigenvalue weighted by Gasteiger charge is -2.23. The summed E-state index contributed by atoms with van der Waals surface area (Å²) in [5.74, 6) is 1.66. The lowest BCUT2D eigenvalue weighted by molar-refractivity contribution is -0.125. The molecule has 1 N–H and O–H groups in total. The van der Waals surface area contributed by atoms with Gasteiger partial charge >= 0.3 is 0 Å². The van der Waals surface area contributed by atoms with Crippen LogP contribution in [-0.2, 0) is 17.9 Å². The highest BCUT2D eigenvalue weighted by molar-refractivity contribution is 5.81. The first kappa shape index (κ1) is 14.8. The lowest BCUT2D eigenvalue weighted by Crippen LogP contribution is -2.42. The van der Waals surface area contributed by atoms with Gasteiger partial charge in [0, 0.05) is 12.1 Å². The Morgan fingerprint density at radius 3 is 3.05 bits per heavy atom. The molecule has 1 fully saturated rings. The van der Waals surface area contributed by atoms with Gasteiger partial charge in [-0.2, -0.15) is 0 Å². The number of aromatic nitrogens is 1. The van der Waals surface area contributed by atoms with E-state index in [0.29, 0.717) is 13.1 Å². The first-order valence-corrected chi connectivity index (χ1v) is 7.61. The summed E-state index contributed by atoms with van der Waals surface area (Å²) in [6.07, 6.45) is 3.52. The fraction of sp³-hybridized carbons (Fsp3) is 0.500. The Bertz CT molecular complexity index is 614. The minimum Gasteiger partial charge on any atom is -0.467 e. The maximum atomic E-state index is 12.4. The van der Waals surface area contributed by atoms with E-state index in [1.807, 2.05) is 26.0 Å². The van der Waals surface area contributed by atoms with Crippen LogP contribution in [0.5, 0.6) is 0 Å². The topological polar surface area (TPSA) is 71.5 Å². The number of rotatable bonds is 5. The van der Waals surface area contributed by atoms with E-state index in [9.17, 15) is 4.79 Å². The molecule has 3 rings (SSSR count). The Kier molecular flexibility index (Phi) is 4.29. The van der Waals surface area contributed by atoms with Crippen molar-refractivity contribution in [3.63, 3.8) is 0 Å². The van der Waals surface area contributed by atoms with Crippen molar-refractivity contribution in [2.45, 2.75) is 45.8 Å². The first-order chi connectivity index (χ1) is 10.6. The van der Waals surface area contributed by atoms with E-state index >= 15 is 0 Å². The fourth-order valence-corrected chi connectivity index (χ4v) is 2.95. The van der Waals surface area contributed by atoms with Gasteiger partial charge in [-0.3, -0.25) is 9.69 Å². The summed E-state index contributed by atoms with van der Waals surface area (Å²) in [6.45, 7) is 5.91. The minimum absolute atomic E-state index is 0.0562. The summed E-state index contributed by atoms with van der Waals surface area (Å²) in [6, 6.07) is 3.58. The third-order valence-corrected chi connectivity index (χ3v) is 4.23. The second-order valence-corrected chi connectivity index (χ2v) is 5.73. The van der Waals surface area contributed by atoms with Gasteiger partial charge in [0.2, 0.25) is 5.91 Å². The normalized spacial score (nSPS) is 18.7. The van der Waals surface area contributed by atoms with Crippen molar-refractivity contribution in [3.8, 4) is 0 Å². The second kappa shape index (κ2) is 6.36. The average Bonchev–Trinajstić information content (AvgIpc) is 3.23. The SMILES string of the molecule is Cc1noc(C)c1CN1CCC[C@H]1C(=O)NCc1ccco1. The van der Waals surface area contributed by atoms with Gasteiger partial charge in [0.25, 0.3) is 0 Å². The molecule has 0 aliphatic carbocycles. The monoisotopic (exact) mass is 303 g/mol. The van der Waals surface area contributed by atoms with E-state index in [1.165, 1.54) is 0 Å². The first-order valence-electron chi connectivity index (χ1n) is 7.61. The van der Waals surface area contributed by atoms with Crippen LogP contribution in [0.4, 0.5) is 0 Å². The molecule has 22 heavy (non-hydrogen) atoms. The van der Waals surface area contributed by atoms with Gasteiger partial charge in [-0.05, 0) is 45.4 Å². The zero-order chi connectivity index (χ0) is 15.5. The van der Waals surface area contributed by atoms with Gasteiger partial charge in [0.15, 0.2) is 0 Å². The maximum Gasteiger partial charge on any atom is 0.237 e. The van der Waals surface area contributed by atoms with Gasteiger partial charge in [-0.25, -0.2) is 0 Å². The summed E-state index contributed by atoms with van der Waals surface area (Å²) in [5, 5.41) is 6.94. The van der Waals surface area contributed by atoms with Crippen molar-refractivity contribution in [2.75, 3.05) is 6.54 Å². The van der Waals surface area contributed by atoms with Gasteiger partial charge in [-0.1, -0.05) is 5.16 Å². The van der Waals surface area contributed by atoms with Crippen LogP contribution < -0.4 is 5.32 Å². The quantitative estimate of drug-likeness (QED) is 0.916. The number of carbonyl (C=O) groups is 1. The van der Waals surface area contributed by atoms with Crippen molar-refractivity contribution in [1.82, 2.24) is 15.4 Å². The van der Waals surface area contributed by atoms with Crippen molar-refractivity contribution >= 4 is 5.91 Å². The van der Waals surface area contributed by atoms with Crippen LogP contribution in [-0.4, -0.2) is 28.6 Å². The van der Waals surface area contributed by atoms with Gasteiger partial charge in [0.05, 0.1) is 24.5 Å². The van der Waals surface area contributed by atoms with Crippen LogP contribution >= 0.6 is 0 Å². The van der Waals surface area contributed by atoms with E-state index in [-0.39, 0.29) is 11.9 Å². The van der Waals surface area contributed by atoms with E-state index in [4.69, 9.17) is 8.94 Å². The molecule has 6 heteroatoms. The fourth-order valence-electron chi connectivity index (χ4n) is 2.95. The Morgan fingerprint density at radius 1 is 1.50 bits per heavy atom. The molecule has 1 aliphatic rings. The van der Waals surface area contributed by atoms with Crippen LogP contribution in [0.2, 0.25) is 0 Å². The summed E-state index contributed by atoms with van der Waals surface area (Å²) in [4.78, 5) is 14.6. The Morgan fingerprint density at radius 2 is 2.36 bits per heavy atom. The lowest BCUT2D eigenvalue weighted by atomic mass is 10.1. The van der Waals surface area contributed by atoms with E-state index in [2.05, 4.69) is 15.4 Å². The second-order valence-electron chi connectivity index (χ2n) is 5.73. The summed E-state index contributed by atoms with van der Waals surface area (Å²) in [5.41, 5.74) is 1.99. The average molecular weight is 303 g/mol. The van der Waals surface area contributed by atoms with Gasteiger partial charge in [0.1, 0.15) is 11.5 Å². The molecular formula is C16H21N3O3. The number of furan rings is 1. The molecule has 2 aromatic rings. The molecular weight excluding hydrogens is 282 g/mol. The Balaban J connectivity index is 1.61. The number of hydrogen-bond acceptors (Lipinski definition) is 5. The molecule has 118 valence electrons. The number of nitrogens with one attached hydrogen (secondary N) is 1. The van der Waals surface area contributed by atoms with Crippen LogP contribution in [0, 0.1) is 13.8 Å². The maximum absolute atomic E-state index is 12.4. The van der Waals surface area contributed by atoms with E-state index < -0.39 is 0 Å². The van der Waals surface area contributed by atoms with Crippen molar-refractivity contribution in [1.29, 1.82) is 0 Å². The highest BCUT2D eigenvalue weighted by Crippen LogP contribution is 2.23. The molecule has 0 unspecified atom stereocenters. The molecule has 0 spiro atoms. The number of amides is 1. The summed E-state index contributed by atoms with van der Waals surface area (Å²) >= 11 is 0. The molecule has 0 aromatic carbocycles. The van der Waals surface area contributed by atoms with Crippen LogP contribution in [0.15, 0.2) is 27.3 Å². The zero-order valence-corrected chi connectivity index (χ0v) is 13.0.